The van der Waals surface area contributed by atoms with Crippen molar-refractivity contribution in [2.75, 3.05) is 53.6 Å². The maximum atomic E-state index is 15.4. The lowest BCUT2D eigenvalue weighted by Crippen LogP contribution is -2.61. The van der Waals surface area contributed by atoms with E-state index in [2.05, 4.69) is 108 Å². The van der Waals surface area contributed by atoms with Gasteiger partial charge in [-0.1, -0.05) is 125 Å². The topological polar surface area (TPSA) is 219 Å². The number of benzene rings is 2. The summed E-state index contributed by atoms with van der Waals surface area (Å²) in [6.07, 6.45) is 1.79. The van der Waals surface area contributed by atoms with Crippen LogP contribution in [-0.2, 0) is 23.9 Å². The highest BCUT2D eigenvalue weighted by Gasteiger charge is 2.62. The Labute approximate surface area is 442 Å². The van der Waals surface area contributed by atoms with Gasteiger partial charge in [-0.15, -0.1) is 0 Å². The van der Waals surface area contributed by atoms with Crippen LogP contribution in [0.1, 0.15) is 179 Å². The molecule has 3 unspecified atom stereocenters. The Bertz CT molecular complexity index is 2250. The summed E-state index contributed by atoms with van der Waals surface area (Å²) in [4.78, 5) is 79.2. The zero-order chi connectivity index (χ0) is 57.1. The Morgan fingerprint density at radius 1 is 0.689 bits per heavy atom. The van der Waals surface area contributed by atoms with Crippen LogP contribution in [0.4, 0.5) is 11.4 Å². The average molecular weight is 1040 g/mol. The van der Waals surface area contributed by atoms with Crippen molar-refractivity contribution in [2.45, 2.75) is 163 Å². The normalized spacial score (nSPS) is 15.8. The quantitative estimate of drug-likeness (QED) is 0.0389. The van der Waals surface area contributed by atoms with Crippen LogP contribution in [0.5, 0.6) is 11.5 Å². The summed E-state index contributed by atoms with van der Waals surface area (Å²) < 4.78 is 23.0. The lowest BCUT2D eigenvalue weighted by Gasteiger charge is -2.60. The fraction of sp³-hybridized carbons (Fsp3) is 0.719. The van der Waals surface area contributed by atoms with E-state index in [4.69, 9.17) is 18.9 Å². The number of ether oxygens (including phenoxy) is 4. The lowest BCUT2D eigenvalue weighted by molar-refractivity contribution is -0.386. The number of amides is 3. The third-order valence-electron chi connectivity index (χ3n) is 16.5. The van der Waals surface area contributed by atoms with Crippen LogP contribution in [0.15, 0.2) is 36.4 Å². The van der Waals surface area contributed by atoms with Crippen molar-refractivity contribution in [2.24, 2.45) is 49.2 Å². The van der Waals surface area contributed by atoms with Crippen LogP contribution in [0.25, 0.3) is 0 Å². The van der Waals surface area contributed by atoms with Gasteiger partial charge in [-0.25, -0.2) is 0 Å². The predicted molar refractivity (Wildman–Crippen MR) is 290 cm³/mol. The standard InChI is InChI=1S/C55H87N5O12.C2H6/c1-48(2,3)35-54(15,46(63)56-25-19-27-69-38-21-23-42(59(65)66)37(31-38)34-61)53(13,14)51(9,10)36-55(16,52(11,12)50(7,8)33-41(49(4,5)6)44(62)58(17)18)47(64)57-26-20-28-70-39-22-24-43(60(67)68)40(32-39)45-71-29-30-72-45;1-2/h21-24,31-32,34,41,45H,19-20,25-30,33,35-36H2,1-18H3,(H,56,63)(H,57,64);1-2H3. The summed E-state index contributed by atoms with van der Waals surface area (Å²) in [5.74, 6) is 0.0788. The van der Waals surface area contributed by atoms with E-state index in [0.29, 0.717) is 63.1 Å². The van der Waals surface area contributed by atoms with Crippen molar-refractivity contribution in [1.82, 2.24) is 15.5 Å². The van der Waals surface area contributed by atoms with Crippen LogP contribution in [0.3, 0.4) is 0 Å². The van der Waals surface area contributed by atoms with Gasteiger partial charge in [-0.3, -0.25) is 39.4 Å². The number of rotatable bonds is 26. The van der Waals surface area contributed by atoms with Gasteiger partial charge in [0.2, 0.25) is 17.7 Å². The molecule has 3 amide bonds. The molecular formula is C57H93N5O12. The fourth-order valence-corrected chi connectivity index (χ4v) is 10.4. The first-order chi connectivity index (χ1) is 33.9. The van der Waals surface area contributed by atoms with Gasteiger partial charge < -0.3 is 34.5 Å². The number of nitro benzene ring substituents is 2. The second-order valence-electron chi connectivity index (χ2n) is 25.0. The Morgan fingerprint density at radius 2 is 1.12 bits per heavy atom. The van der Waals surface area contributed by atoms with Crippen molar-refractivity contribution in [3.63, 3.8) is 0 Å². The van der Waals surface area contributed by atoms with E-state index < -0.39 is 48.6 Å². The molecule has 3 rings (SSSR count). The largest absolute Gasteiger partial charge is 0.494 e. The highest BCUT2D eigenvalue weighted by molar-refractivity contribution is 5.85. The Morgan fingerprint density at radius 3 is 1.54 bits per heavy atom. The number of hydrogen-bond donors (Lipinski definition) is 2. The number of carbonyl (C=O) groups is 4. The van der Waals surface area contributed by atoms with Gasteiger partial charge in [-0.2, -0.15) is 0 Å². The number of aldehydes is 1. The van der Waals surface area contributed by atoms with Gasteiger partial charge in [0.1, 0.15) is 11.5 Å². The van der Waals surface area contributed by atoms with Crippen LogP contribution >= 0.6 is 0 Å². The predicted octanol–water partition coefficient (Wildman–Crippen LogP) is 11.9. The first-order valence-electron chi connectivity index (χ1n) is 26.2. The van der Waals surface area contributed by atoms with Crippen molar-refractivity contribution in [3.05, 3.63) is 67.8 Å². The second kappa shape index (κ2) is 25.6. The molecule has 0 bridgehead atoms. The minimum absolute atomic E-state index is 0.0244. The smallest absolute Gasteiger partial charge is 0.280 e. The van der Waals surface area contributed by atoms with E-state index in [1.807, 2.05) is 27.7 Å². The third kappa shape index (κ3) is 15.5. The molecule has 2 aromatic rings. The molecule has 0 aromatic heterocycles. The molecule has 1 saturated heterocycles. The van der Waals surface area contributed by atoms with Gasteiger partial charge in [-0.05, 0) is 88.9 Å². The van der Waals surface area contributed by atoms with Crippen molar-refractivity contribution in [1.29, 1.82) is 0 Å². The number of nitrogens with one attached hydrogen (secondary N) is 2. The van der Waals surface area contributed by atoms with E-state index in [0.717, 1.165) is 0 Å². The highest BCUT2D eigenvalue weighted by Crippen LogP contribution is 2.64. The zero-order valence-corrected chi connectivity index (χ0v) is 48.7. The molecule has 1 aliphatic rings. The average Bonchev–Trinajstić information content (AvgIpc) is 3.84. The molecule has 2 aromatic carbocycles. The maximum absolute atomic E-state index is 15.4. The first kappa shape index (κ1) is 65.0. The lowest BCUT2D eigenvalue weighted by atomic mass is 9.43. The molecule has 0 spiro atoms. The first-order valence-corrected chi connectivity index (χ1v) is 26.2. The van der Waals surface area contributed by atoms with Gasteiger partial charge in [0.25, 0.3) is 11.4 Å². The van der Waals surface area contributed by atoms with E-state index in [1.165, 1.54) is 30.3 Å². The molecule has 1 heterocycles. The van der Waals surface area contributed by atoms with Crippen molar-refractivity contribution >= 4 is 35.4 Å². The van der Waals surface area contributed by atoms with Crippen LogP contribution in [0.2, 0.25) is 0 Å². The van der Waals surface area contributed by atoms with E-state index in [9.17, 15) is 34.6 Å². The van der Waals surface area contributed by atoms with Gasteiger partial charge in [0.15, 0.2) is 12.6 Å². The highest BCUT2D eigenvalue weighted by atomic mass is 16.7. The molecule has 2 N–H and O–H groups in total. The molecule has 74 heavy (non-hydrogen) atoms. The molecular weight excluding hydrogens is 947 g/mol. The maximum Gasteiger partial charge on any atom is 0.280 e. The zero-order valence-electron chi connectivity index (χ0n) is 48.7. The minimum Gasteiger partial charge on any atom is -0.494 e. The molecule has 17 heteroatoms. The number of nitro groups is 2. The van der Waals surface area contributed by atoms with Crippen molar-refractivity contribution < 1.29 is 48.0 Å². The SMILES string of the molecule is CC.CN(C)C(=O)C(CC(C)(C)C(C)(C)C(C)(CC(C)(C)C(C)(C)C(C)(CC(C)(C)C)C(=O)NCCCOc1ccc([N+](=O)[O-])c(C=O)c1)C(=O)NCCCOc1ccc([N+](=O)[O-])c(C2OCCO2)c1)C(C)(C)C. The molecule has 17 nitrogen and oxygen atoms in total. The minimum atomic E-state index is -1.09. The molecule has 3 atom stereocenters. The van der Waals surface area contributed by atoms with E-state index in [1.54, 1.807) is 25.1 Å². The van der Waals surface area contributed by atoms with Crippen LogP contribution < -0.4 is 20.1 Å². The summed E-state index contributed by atoms with van der Waals surface area (Å²) in [5, 5.41) is 29.6. The summed E-state index contributed by atoms with van der Waals surface area (Å²) in [6, 6.07) is 8.46. The molecule has 418 valence electrons. The monoisotopic (exact) mass is 1040 g/mol. The Kier molecular flexibility index (Phi) is 22.5. The summed E-state index contributed by atoms with van der Waals surface area (Å²) in [7, 11) is 3.55. The Hall–Kier alpha value is -5.16. The molecule has 0 aliphatic carbocycles. The summed E-state index contributed by atoms with van der Waals surface area (Å²) in [5.41, 5.74) is -5.77. The third-order valence-corrected chi connectivity index (χ3v) is 16.5. The van der Waals surface area contributed by atoms with Gasteiger partial charge in [0, 0.05) is 45.2 Å². The second-order valence-corrected chi connectivity index (χ2v) is 25.0. The molecule has 1 fully saturated rings. The molecule has 0 saturated carbocycles. The summed E-state index contributed by atoms with van der Waals surface area (Å²) in [6.45, 7) is 39.3. The summed E-state index contributed by atoms with van der Waals surface area (Å²) >= 11 is 0. The van der Waals surface area contributed by atoms with Gasteiger partial charge in [0.05, 0.1) is 58.2 Å². The van der Waals surface area contributed by atoms with Gasteiger partial charge >= 0.3 is 0 Å². The number of carbonyl (C=O) groups excluding carboxylic acids is 4. The van der Waals surface area contributed by atoms with Crippen molar-refractivity contribution in [3.8, 4) is 11.5 Å². The fourth-order valence-electron chi connectivity index (χ4n) is 10.4. The van der Waals surface area contributed by atoms with Crippen LogP contribution in [0, 0.1) is 69.5 Å². The Balaban J connectivity index is 0.00000925. The molecule has 1 aliphatic heterocycles. The number of hydrogen-bond acceptors (Lipinski definition) is 12. The van der Waals surface area contributed by atoms with Crippen LogP contribution in [-0.4, -0.2) is 92.4 Å². The van der Waals surface area contributed by atoms with E-state index in [-0.39, 0.29) is 83.3 Å². The molecule has 0 radical (unpaired) electrons. The van der Waals surface area contributed by atoms with E-state index >= 15 is 4.79 Å². The number of nitrogens with zero attached hydrogens (tertiary/aromatic N) is 3.